The fourth-order valence-corrected chi connectivity index (χ4v) is 2.10. The monoisotopic (exact) mass is 258 g/mol. The lowest BCUT2D eigenvalue weighted by atomic mass is 10.0. The van der Waals surface area contributed by atoms with E-state index in [1.54, 1.807) is 13.2 Å². The van der Waals surface area contributed by atoms with Crippen LogP contribution in [0.2, 0.25) is 0 Å². The molecule has 3 N–H and O–H groups in total. The molecule has 0 atom stereocenters. The molecule has 0 spiro atoms. The molecule has 2 rings (SSSR count). The smallest absolute Gasteiger partial charge is 0.132 e. The van der Waals surface area contributed by atoms with E-state index in [0.717, 1.165) is 18.4 Å². The first-order chi connectivity index (χ1) is 9.17. The highest BCUT2D eigenvalue weighted by Crippen LogP contribution is 2.39. The molecule has 4 nitrogen and oxygen atoms in total. The number of phenolic OH excluding ortho intramolecular Hbond substituents is 1. The van der Waals surface area contributed by atoms with Crippen molar-refractivity contribution in [3.05, 3.63) is 35.9 Å². The predicted octanol–water partition coefficient (Wildman–Crippen LogP) is 3.00. The zero-order valence-corrected chi connectivity index (χ0v) is 11.2. The van der Waals surface area contributed by atoms with Crippen molar-refractivity contribution >= 4 is 5.82 Å². The van der Waals surface area contributed by atoms with Crippen LogP contribution in [0, 0.1) is 0 Å². The van der Waals surface area contributed by atoms with Crippen LogP contribution < -0.4 is 10.5 Å². The highest BCUT2D eigenvalue weighted by molar-refractivity contribution is 5.76. The third-order valence-corrected chi connectivity index (χ3v) is 2.99. The fourth-order valence-electron chi connectivity index (χ4n) is 2.10. The first kappa shape index (κ1) is 13.2. The molecule has 0 unspecified atom stereocenters. The molecule has 0 saturated heterocycles. The minimum absolute atomic E-state index is 0.222. The predicted molar refractivity (Wildman–Crippen MR) is 76.3 cm³/mol. The van der Waals surface area contributed by atoms with E-state index in [-0.39, 0.29) is 5.75 Å². The van der Waals surface area contributed by atoms with Crippen LogP contribution in [-0.2, 0) is 6.42 Å². The maximum Gasteiger partial charge on any atom is 0.132 e. The van der Waals surface area contributed by atoms with E-state index < -0.39 is 0 Å². The van der Waals surface area contributed by atoms with Gasteiger partial charge in [0.1, 0.15) is 17.3 Å². The third kappa shape index (κ3) is 2.62. The minimum atomic E-state index is 0.222. The van der Waals surface area contributed by atoms with Gasteiger partial charge in [0.25, 0.3) is 0 Å². The van der Waals surface area contributed by atoms with Crippen LogP contribution in [0.3, 0.4) is 0 Å². The average Bonchev–Trinajstić information content (AvgIpc) is 2.41. The van der Waals surface area contributed by atoms with Crippen molar-refractivity contribution in [3.63, 3.8) is 0 Å². The van der Waals surface area contributed by atoms with Crippen LogP contribution in [0.15, 0.2) is 30.3 Å². The maximum absolute atomic E-state index is 10.4. The molecule has 2 aromatic rings. The van der Waals surface area contributed by atoms with Crippen LogP contribution in [0.25, 0.3) is 11.3 Å². The number of pyridine rings is 1. The highest BCUT2D eigenvalue weighted by atomic mass is 16.5. The Morgan fingerprint density at radius 3 is 2.68 bits per heavy atom. The molecule has 0 amide bonds. The highest BCUT2D eigenvalue weighted by Gasteiger charge is 2.16. The molecule has 19 heavy (non-hydrogen) atoms. The Balaban J connectivity index is 2.62. The summed E-state index contributed by atoms with van der Waals surface area (Å²) in [6, 6.07) is 9.06. The van der Waals surface area contributed by atoms with Crippen LogP contribution in [0.4, 0.5) is 5.82 Å². The number of nitrogens with zero attached hydrogens (tertiary/aromatic N) is 1. The van der Waals surface area contributed by atoms with Crippen LogP contribution >= 0.6 is 0 Å². The van der Waals surface area contributed by atoms with Gasteiger partial charge in [-0.25, -0.2) is 4.98 Å². The summed E-state index contributed by atoms with van der Waals surface area (Å²) in [6.45, 7) is 2.07. The number of phenols is 1. The van der Waals surface area contributed by atoms with Crippen LogP contribution in [0.1, 0.15) is 18.9 Å². The summed E-state index contributed by atoms with van der Waals surface area (Å²) in [6.07, 6.45) is 1.77. The summed E-state index contributed by atoms with van der Waals surface area (Å²) in [5.74, 6) is 1.23. The van der Waals surface area contributed by atoms with Crippen molar-refractivity contribution in [2.24, 2.45) is 0 Å². The van der Waals surface area contributed by atoms with E-state index in [0.29, 0.717) is 22.8 Å². The van der Waals surface area contributed by atoms with Gasteiger partial charge < -0.3 is 15.6 Å². The molecule has 0 saturated carbocycles. The lowest BCUT2D eigenvalue weighted by molar-refractivity contribution is 0.409. The number of aryl methyl sites for hydroxylation is 1. The summed E-state index contributed by atoms with van der Waals surface area (Å²) in [7, 11) is 1.57. The molecule has 0 aliphatic rings. The Bertz CT molecular complexity index is 582. The first-order valence-corrected chi connectivity index (χ1v) is 6.29. The van der Waals surface area contributed by atoms with Crippen molar-refractivity contribution in [2.75, 3.05) is 12.8 Å². The number of nitrogen functional groups attached to an aromatic ring is 1. The SMILES string of the molecule is CCCc1ccc(OC)c(-c2cccc(N)n2)c1O. The van der Waals surface area contributed by atoms with E-state index in [2.05, 4.69) is 11.9 Å². The molecule has 100 valence electrons. The van der Waals surface area contributed by atoms with Crippen LogP contribution in [-0.4, -0.2) is 17.2 Å². The lowest BCUT2D eigenvalue weighted by Gasteiger charge is -2.13. The number of anilines is 1. The molecule has 1 aromatic carbocycles. The maximum atomic E-state index is 10.4. The van der Waals surface area contributed by atoms with Gasteiger partial charge in [-0.15, -0.1) is 0 Å². The van der Waals surface area contributed by atoms with Gasteiger partial charge in [0.2, 0.25) is 0 Å². The number of methoxy groups -OCH3 is 1. The van der Waals surface area contributed by atoms with E-state index >= 15 is 0 Å². The van der Waals surface area contributed by atoms with Gasteiger partial charge in [0.15, 0.2) is 0 Å². The first-order valence-electron chi connectivity index (χ1n) is 6.29. The number of benzene rings is 1. The molecule has 0 aliphatic carbocycles. The van der Waals surface area contributed by atoms with E-state index in [1.165, 1.54) is 0 Å². The fraction of sp³-hybridized carbons (Fsp3) is 0.267. The second-order valence-electron chi connectivity index (χ2n) is 4.35. The Morgan fingerprint density at radius 1 is 1.26 bits per heavy atom. The zero-order chi connectivity index (χ0) is 13.8. The average molecular weight is 258 g/mol. The van der Waals surface area contributed by atoms with Gasteiger partial charge in [-0.2, -0.15) is 0 Å². The molecule has 1 heterocycles. The number of nitrogens with two attached hydrogens (primary N) is 1. The molecule has 0 aliphatic heterocycles. The van der Waals surface area contributed by atoms with Crippen molar-refractivity contribution in [2.45, 2.75) is 19.8 Å². The van der Waals surface area contributed by atoms with E-state index in [1.807, 2.05) is 24.3 Å². The third-order valence-electron chi connectivity index (χ3n) is 2.99. The van der Waals surface area contributed by atoms with Gasteiger partial charge in [-0.1, -0.05) is 25.5 Å². The number of aromatic hydroxyl groups is 1. The minimum Gasteiger partial charge on any atom is -0.507 e. The second kappa shape index (κ2) is 5.61. The molecule has 0 radical (unpaired) electrons. The summed E-state index contributed by atoms with van der Waals surface area (Å²) < 4.78 is 5.31. The van der Waals surface area contributed by atoms with Gasteiger partial charge in [0, 0.05) is 0 Å². The topological polar surface area (TPSA) is 68.4 Å². The number of ether oxygens (including phenoxy) is 1. The van der Waals surface area contributed by atoms with Crippen molar-refractivity contribution in [1.29, 1.82) is 0 Å². The van der Waals surface area contributed by atoms with Crippen molar-refractivity contribution in [3.8, 4) is 22.8 Å². The largest absolute Gasteiger partial charge is 0.507 e. The Morgan fingerprint density at radius 2 is 2.05 bits per heavy atom. The standard InChI is InChI=1S/C15H18N2O2/c1-3-5-10-8-9-12(19-2)14(15(10)18)11-6-4-7-13(16)17-11/h4,6-9,18H,3,5H2,1-2H3,(H2,16,17). The zero-order valence-electron chi connectivity index (χ0n) is 11.2. The van der Waals surface area contributed by atoms with Crippen LogP contribution in [0.5, 0.6) is 11.5 Å². The normalized spacial score (nSPS) is 10.4. The summed E-state index contributed by atoms with van der Waals surface area (Å²) in [4.78, 5) is 4.25. The molecule has 4 heteroatoms. The van der Waals surface area contributed by atoms with Gasteiger partial charge in [0.05, 0.1) is 18.4 Å². The van der Waals surface area contributed by atoms with Gasteiger partial charge >= 0.3 is 0 Å². The van der Waals surface area contributed by atoms with Gasteiger partial charge in [-0.05, 0) is 30.2 Å². The van der Waals surface area contributed by atoms with Crippen molar-refractivity contribution < 1.29 is 9.84 Å². The summed E-state index contributed by atoms with van der Waals surface area (Å²) >= 11 is 0. The van der Waals surface area contributed by atoms with Gasteiger partial charge in [-0.3, -0.25) is 0 Å². The number of hydrogen-bond acceptors (Lipinski definition) is 4. The summed E-state index contributed by atoms with van der Waals surface area (Å²) in [5, 5.41) is 10.4. The molecule has 1 aromatic heterocycles. The second-order valence-corrected chi connectivity index (χ2v) is 4.35. The molecular weight excluding hydrogens is 240 g/mol. The Hall–Kier alpha value is -2.23. The van der Waals surface area contributed by atoms with Crippen molar-refractivity contribution in [1.82, 2.24) is 4.98 Å². The quantitative estimate of drug-likeness (QED) is 0.884. The Kier molecular flexibility index (Phi) is 3.90. The van der Waals surface area contributed by atoms with E-state index in [4.69, 9.17) is 10.5 Å². The molecule has 0 bridgehead atoms. The Labute approximate surface area is 112 Å². The number of aromatic nitrogens is 1. The number of rotatable bonds is 4. The molecular formula is C15H18N2O2. The van der Waals surface area contributed by atoms with E-state index in [9.17, 15) is 5.11 Å². The summed E-state index contributed by atoms with van der Waals surface area (Å²) in [5.41, 5.74) is 7.81. The lowest BCUT2D eigenvalue weighted by Crippen LogP contribution is -1.96. The number of hydrogen-bond donors (Lipinski definition) is 2. The molecule has 0 fully saturated rings.